The van der Waals surface area contributed by atoms with Crippen molar-refractivity contribution in [2.75, 3.05) is 23.8 Å². The Morgan fingerprint density at radius 2 is 1.30 bits per heavy atom. The molecule has 3 rings (SSSR count). The fraction of sp³-hybridized carbons (Fsp3) is 0.167. The van der Waals surface area contributed by atoms with E-state index < -0.39 is 0 Å². The molecule has 0 spiro atoms. The fourth-order valence-electron chi connectivity index (χ4n) is 2.91. The van der Waals surface area contributed by atoms with Crippen LogP contribution in [-0.4, -0.2) is 25.0 Å². The van der Waals surface area contributed by atoms with Crippen LogP contribution in [0.15, 0.2) is 72.8 Å². The second-order valence-corrected chi connectivity index (χ2v) is 6.34. The fourth-order valence-corrected chi connectivity index (χ4v) is 2.91. The molecule has 30 heavy (non-hydrogen) atoms. The van der Waals surface area contributed by atoms with Gasteiger partial charge in [0.25, 0.3) is 11.8 Å². The van der Waals surface area contributed by atoms with Crippen LogP contribution in [0.25, 0.3) is 0 Å². The Labute approximate surface area is 175 Å². The number of benzene rings is 3. The van der Waals surface area contributed by atoms with Crippen LogP contribution in [0.3, 0.4) is 0 Å². The summed E-state index contributed by atoms with van der Waals surface area (Å²) in [6.45, 7) is 4.79. The topological polar surface area (TPSA) is 76.7 Å². The molecule has 6 nitrogen and oxygen atoms in total. The predicted molar refractivity (Wildman–Crippen MR) is 118 cm³/mol. The van der Waals surface area contributed by atoms with E-state index in [0.29, 0.717) is 41.5 Å². The van der Waals surface area contributed by atoms with Gasteiger partial charge in [0.1, 0.15) is 11.5 Å². The maximum absolute atomic E-state index is 12.8. The van der Waals surface area contributed by atoms with Crippen molar-refractivity contribution in [3.63, 3.8) is 0 Å². The molecule has 6 heteroatoms. The minimum atomic E-state index is -0.347. The average Bonchev–Trinajstić information content (AvgIpc) is 2.76. The molecular formula is C24H24N2O4. The zero-order valence-corrected chi connectivity index (χ0v) is 17.0. The summed E-state index contributed by atoms with van der Waals surface area (Å²) < 4.78 is 10.9. The molecule has 0 unspecified atom stereocenters. The van der Waals surface area contributed by atoms with Crippen LogP contribution in [0.4, 0.5) is 11.4 Å². The minimum absolute atomic E-state index is 0.326. The lowest BCUT2D eigenvalue weighted by atomic mass is 10.1. The summed E-state index contributed by atoms with van der Waals surface area (Å²) in [5.41, 5.74) is 1.80. The van der Waals surface area contributed by atoms with E-state index in [9.17, 15) is 9.59 Å². The molecule has 0 aliphatic rings. The number of ether oxygens (including phenoxy) is 2. The van der Waals surface area contributed by atoms with Gasteiger partial charge < -0.3 is 20.1 Å². The molecule has 0 saturated carbocycles. The van der Waals surface area contributed by atoms with Crippen molar-refractivity contribution < 1.29 is 19.1 Å². The average molecular weight is 404 g/mol. The highest BCUT2D eigenvalue weighted by Crippen LogP contribution is 2.23. The van der Waals surface area contributed by atoms with Crippen molar-refractivity contribution >= 4 is 23.2 Å². The number of hydrogen-bond donors (Lipinski definition) is 2. The third-order valence-corrected chi connectivity index (χ3v) is 4.27. The third-order valence-electron chi connectivity index (χ3n) is 4.27. The highest BCUT2D eigenvalue weighted by atomic mass is 16.5. The summed E-state index contributed by atoms with van der Waals surface area (Å²) >= 11 is 0. The van der Waals surface area contributed by atoms with Gasteiger partial charge in [-0.1, -0.05) is 24.3 Å². The first kappa shape index (κ1) is 20.9. The van der Waals surface area contributed by atoms with E-state index in [4.69, 9.17) is 9.47 Å². The number of amides is 2. The number of carbonyl (C=O) groups excluding carboxylic acids is 2. The van der Waals surface area contributed by atoms with Gasteiger partial charge in [-0.3, -0.25) is 9.59 Å². The molecule has 0 fully saturated rings. The van der Waals surface area contributed by atoms with Gasteiger partial charge in [0.2, 0.25) is 0 Å². The maximum atomic E-state index is 12.8. The Hall–Kier alpha value is -3.80. The van der Waals surface area contributed by atoms with Gasteiger partial charge in [0.15, 0.2) is 0 Å². The minimum Gasteiger partial charge on any atom is -0.494 e. The van der Waals surface area contributed by atoms with Crippen molar-refractivity contribution in [3.05, 3.63) is 83.9 Å². The first-order valence-electron chi connectivity index (χ1n) is 9.78. The Kier molecular flexibility index (Phi) is 7.05. The first-order chi connectivity index (χ1) is 14.6. The third kappa shape index (κ3) is 5.17. The van der Waals surface area contributed by atoms with Gasteiger partial charge in [-0.05, 0) is 62.4 Å². The lowest BCUT2D eigenvalue weighted by molar-refractivity contribution is 0.102. The monoisotopic (exact) mass is 404 g/mol. The highest BCUT2D eigenvalue weighted by Gasteiger charge is 2.17. The van der Waals surface area contributed by atoms with Gasteiger partial charge in [-0.15, -0.1) is 0 Å². The van der Waals surface area contributed by atoms with Gasteiger partial charge in [-0.2, -0.15) is 0 Å². The number of carbonyl (C=O) groups is 2. The quantitative estimate of drug-likeness (QED) is 0.555. The van der Waals surface area contributed by atoms with E-state index in [1.54, 1.807) is 72.8 Å². The number of hydrogen-bond acceptors (Lipinski definition) is 4. The molecule has 3 aromatic rings. The van der Waals surface area contributed by atoms with E-state index in [1.807, 2.05) is 13.8 Å². The molecule has 0 heterocycles. The molecule has 2 amide bonds. The SMILES string of the molecule is CCOc1ccc(NC(=O)c2ccccc2NC(=O)c2ccccc2OCC)cc1. The molecule has 2 N–H and O–H groups in total. The van der Waals surface area contributed by atoms with Crippen molar-refractivity contribution in [3.8, 4) is 11.5 Å². The van der Waals surface area contributed by atoms with Gasteiger partial charge in [-0.25, -0.2) is 0 Å². The number of anilines is 2. The van der Waals surface area contributed by atoms with E-state index in [-0.39, 0.29) is 11.8 Å². The van der Waals surface area contributed by atoms with Crippen LogP contribution >= 0.6 is 0 Å². The second-order valence-electron chi connectivity index (χ2n) is 6.34. The Morgan fingerprint density at radius 3 is 2.00 bits per heavy atom. The zero-order valence-electron chi connectivity index (χ0n) is 17.0. The second kappa shape index (κ2) is 10.1. The number of para-hydroxylation sites is 2. The summed E-state index contributed by atoms with van der Waals surface area (Å²) in [4.78, 5) is 25.6. The van der Waals surface area contributed by atoms with Gasteiger partial charge >= 0.3 is 0 Å². The van der Waals surface area contributed by atoms with Crippen LogP contribution in [0.5, 0.6) is 11.5 Å². The maximum Gasteiger partial charge on any atom is 0.259 e. The Bertz CT molecular complexity index is 1020. The van der Waals surface area contributed by atoms with Crippen LogP contribution in [0, 0.1) is 0 Å². The van der Waals surface area contributed by atoms with Crippen LogP contribution in [0.2, 0.25) is 0 Å². The van der Waals surface area contributed by atoms with Crippen LogP contribution < -0.4 is 20.1 Å². The number of rotatable bonds is 8. The molecule has 3 aromatic carbocycles. The first-order valence-corrected chi connectivity index (χ1v) is 9.78. The standard InChI is InChI=1S/C24H24N2O4/c1-3-29-18-15-13-17(14-16-18)25-23(27)19-9-5-7-11-21(19)26-24(28)20-10-6-8-12-22(20)30-4-2/h5-16H,3-4H2,1-2H3,(H,25,27)(H,26,28). The van der Waals surface area contributed by atoms with Gasteiger partial charge in [0, 0.05) is 5.69 Å². The Morgan fingerprint density at radius 1 is 0.700 bits per heavy atom. The zero-order chi connectivity index (χ0) is 21.3. The van der Waals surface area contributed by atoms with E-state index in [0.717, 1.165) is 5.75 Å². The molecular weight excluding hydrogens is 380 g/mol. The van der Waals surface area contributed by atoms with Gasteiger partial charge in [0.05, 0.1) is 30.0 Å². The van der Waals surface area contributed by atoms with E-state index >= 15 is 0 Å². The molecule has 0 atom stereocenters. The van der Waals surface area contributed by atoms with E-state index in [1.165, 1.54) is 0 Å². The van der Waals surface area contributed by atoms with Crippen molar-refractivity contribution in [1.29, 1.82) is 0 Å². The van der Waals surface area contributed by atoms with E-state index in [2.05, 4.69) is 10.6 Å². The lowest BCUT2D eigenvalue weighted by Crippen LogP contribution is -2.18. The molecule has 0 aliphatic heterocycles. The molecule has 154 valence electrons. The largest absolute Gasteiger partial charge is 0.494 e. The van der Waals surface area contributed by atoms with Crippen molar-refractivity contribution in [1.82, 2.24) is 0 Å². The smallest absolute Gasteiger partial charge is 0.259 e. The molecule has 0 aliphatic carbocycles. The van der Waals surface area contributed by atoms with Crippen molar-refractivity contribution in [2.45, 2.75) is 13.8 Å². The summed E-state index contributed by atoms with van der Waals surface area (Å²) in [6, 6.07) is 21.0. The molecule has 0 aromatic heterocycles. The normalized spacial score (nSPS) is 10.2. The number of nitrogens with one attached hydrogen (secondary N) is 2. The lowest BCUT2D eigenvalue weighted by Gasteiger charge is -2.13. The summed E-state index contributed by atoms with van der Waals surface area (Å²) in [5.74, 6) is 0.554. The van der Waals surface area contributed by atoms with Crippen molar-refractivity contribution in [2.24, 2.45) is 0 Å². The summed E-state index contributed by atoms with van der Waals surface area (Å²) in [5, 5.41) is 5.66. The molecule has 0 radical (unpaired) electrons. The summed E-state index contributed by atoms with van der Waals surface area (Å²) in [7, 11) is 0. The molecule has 0 saturated heterocycles. The Balaban J connectivity index is 1.77. The van der Waals surface area contributed by atoms with Crippen LogP contribution in [-0.2, 0) is 0 Å². The molecule has 0 bridgehead atoms. The van der Waals surface area contributed by atoms with Crippen LogP contribution in [0.1, 0.15) is 34.6 Å². The highest BCUT2D eigenvalue weighted by molar-refractivity contribution is 6.13. The predicted octanol–water partition coefficient (Wildman–Crippen LogP) is 4.99. The summed E-state index contributed by atoms with van der Waals surface area (Å²) in [6.07, 6.45) is 0.